The number of hydrogen-bond donors (Lipinski definition) is 4. The summed E-state index contributed by atoms with van der Waals surface area (Å²) in [7, 11) is 0. The van der Waals surface area contributed by atoms with Gasteiger partial charge in [0, 0.05) is 21.6 Å². The molecule has 0 bridgehead atoms. The van der Waals surface area contributed by atoms with Crippen LogP contribution in [0.25, 0.3) is 10.1 Å². The van der Waals surface area contributed by atoms with Crippen LogP contribution in [0, 0.1) is 6.92 Å². The molecule has 5 nitrogen and oxygen atoms in total. The van der Waals surface area contributed by atoms with Crippen LogP contribution in [0.1, 0.15) is 27.1 Å². The molecule has 4 N–H and O–H groups in total. The molecule has 2 aliphatic rings. The molecule has 0 unspecified atom stereocenters. The molecular formula is C23H24O5S2. The first kappa shape index (κ1) is 20.5. The lowest BCUT2D eigenvalue weighted by molar-refractivity contribution is -0.147. The zero-order valence-electron chi connectivity index (χ0n) is 16.5. The van der Waals surface area contributed by atoms with E-state index in [1.165, 1.54) is 26.7 Å². The van der Waals surface area contributed by atoms with Crippen LogP contribution in [0.3, 0.4) is 0 Å². The quantitative estimate of drug-likeness (QED) is 0.497. The lowest BCUT2D eigenvalue weighted by atomic mass is 9.90. The topological polar surface area (TPSA) is 90.2 Å². The lowest BCUT2D eigenvalue weighted by Gasteiger charge is -2.45. The number of benzene rings is 2. The first-order valence-electron chi connectivity index (χ1n) is 10.00. The molecule has 3 heterocycles. The first-order chi connectivity index (χ1) is 14.4. The number of thiophene rings is 1. The van der Waals surface area contributed by atoms with Gasteiger partial charge in [-0.05, 0) is 41.1 Å². The molecular weight excluding hydrogens is 420 g/mol. The van der Waals surface area contributed by atoms with Gasteiger partial charge < -0.3 is 25.2 Å². The van der Waals surface area contributed by atoms with Gasteiger partial charge in [0.2, 0.25) is 0 Å². The molecule has 2 aliphatic heterocycles. The number of rotatable bonds is 3. The van der Waals surface area contributed by atoms with Gasteiger partial charge in [0.25, 0.3) is 0 Å². The van der Waals surface area contributed by atoms with E-state index in [0.717, 1.165) is 28.7 Å². The highest BCUT2D eigenvalue weighted by atomic mass is 32.2. The summed E-state index contributed by atoms with van der Waals surface area (Å²) in [4.78, 5) is 0.0667. The van der Waals surface area contributed by atoms with Crippen molar-refractivity contribution in [1.29, 1.82) is 0 Å². The lowest BCUT2D eigenvalue weighted by Crippen LogP contribution is -2.58. The summed E-state index contributed by atoms with van der Waals surface area (Å²) in [5.74, 6) is 0. The van der Waals surface area contributed by atoms with Gasteiger partial charge in [0.1, 0.15) is 12.2 Å². The van der Waals surface area contributed by atoms with E-state index < -0.39 is 28.5 Å². The first-order valence-corrected chi connectivity index (χ1v) is 11.7. The second-order valence-electron chi connectivity index (χ2n) is 8.08. The Bertz CT molecular complexity index is 1060. The van der Waals surface area contributed by atoms with Gasteiger partial charge in [-0.1, -0.05) is 30.3 Å². The van der Waals surface area contributed by atoms with Crippen molar-refractivity contribution in [3.8, 4) is 0 Å². The fraction of sp³-hybridized carbons (Fsp3) is 0.391. The van der Waals surface area contributed by atoms with Gasteiger partial charge in [-0.15, -0.1) is 23.1 Å². The number of ether oxygens (including phenoxy) is 1. The molecule has 1 aromatic heterocycles. The van der Waals surface area contributed by atoms with Crippen LogP contribution in [0.15, 0.2) is 42.5 Å². The molecule has 0 aliphatic carbocycles. The summed E-state index contributed by atoms with van der Waals surface area (Å²) in [5, 5.41) is 41.8. The van der Waals surface area contributed by atoms with Crippen molar-refractivity contribution in [3.63, 3.8) is 0 Å². The van der Waals surface area contributed by atoms with Crippen LogP contribution in [0.4, 0.5) is 0 Å². The summed E-state index contributed by atoms with van der Waals surface area (Å²) >= 11 is 2.97. The summed E-state index contributed by atoms with van der Waals surface area (Å²) < 4.78 is 7.31. The van der Waals surface area contributed by atoms with Crippen molar-refractivity contribution in [1.82, 2.24) is 0 Å². The van der Waals surface area contributed by atoms with Gasteiger partial charge in [0.15, 0.2) is 4.93 Å². The van der Waals surface area contributed by atoms with Crippen LogP contribution in [0.2, 0.25) is 0 Å². The Morgan fingerprint density at radius 3 is 2.67 bits per heavy atom. The van der Waals surface area contributed by atoms with Crippen molar-refractivity contribution in [2.24, 2.45) is 0 Å². The molecule has 0 amide bonds. The smallest absolute Gasteiger partial charge is 0.168 e. The highest BCUT2D eigenvalue weighted by molar-refractivity contribution is 8.00. The Morgan fingerprint density at radius 1 is 1.10 bits per heavy atom. The molecule has 30 heavy (non-hydrogen) atoms. The average molecular weight is 445 g/mol. The van der Waals surface area contributed by atoms with Crippen LogP contribution in [-0.4, -0.2) is 50.6 Å². The predicted octanol–water partition coefficient (Wildman–Crippen LogP) is 2.67. The third-order valence-electron chi connectivity index (χ3n) is 6.17. The Labute approximate surface area is 182 Å². The molecule has 0 radical (unpaired) electrons. The standard InChI is InChI=1S/C23H24O5S2/c1-12-6-15-11-28-23(22(27)21(26)20(25)19(10-24)30-23)17(15)9-14(12)8-16-7-13-4-2-3-5-18(13)29-16/h2-7,9,19-22,24-27H,8,10-11H2,1H3/t19-,20-,21+,22-,23+/m1/s1. The zero-order valence-corrected chi connectivity index (χ0v) is 18.1. The zero-order chi connectivity index (χ0) is 21.0. The van der Waals surface area contributed by atoms with E-state index in [1.54, 1.807) is 11.3 Å². The maximum Gasteiger partial charge on any atom is 0.168 e. The van der Waals surface area contributed by atoms with Crippen molar-refractivity contribution in [2.75, 3.05) is 6.61 Å². The Balaban J connectivity index is 1.54. The molecule has 3 aromatic rings. The van der Waals surface area contributed by atoms with E-state index in [0.29, 0.717) is 6.61 Å². The van der Waals surface area contributed by atoms with Gasteiger partial charge in [0.05, 0.1) is 24.6 Å². The Kier molecular flexibility index (Phi) is 5.18. The minimum Gasteiger partial charge on any atom is -0.395 e. The summed E-state index contributed by atoms with van der Waals surface area (Å²) in [6.07, 6.45) is -3.12. The second-order valence-corrected chi connectivity index (χ2v) is 10.7. The number of aliphatic hydroxyl groups excluding tert-OH is 4. The van der Waals surface area contributed by atoms with E-state index in [9.17, 15) is 20.4 Å². The third-order valence-corrected chi connectivity index (χ3v) is 8.95. The summed E-state index contributed by atoms with van der Waals surface area (Å²) in [5.41, 5.74) is 4.09. The second kappa shape index (κ2) is 7.60. The molecule has 7 heteroatoms. The monoisotopic (exact) mass is 444 g/mol. The van der Waals surface area contributed by atoms with E-state index in [1.807, 2.05) is 12.1 Å². The van der Waals surface area contributed by atoms with Crippen LogP contribution < -0.4 is 0 Å². The fourth-order valence-corrected chi connectivity index (χ4v) is 7.14. The van der Waals surface area contributed by atoms with E-state index in [2.05, 4.69) is 37.3 Å². The molecule has 1 fully saturated rings. The molecule has 2 aromatic carbocycles. The largest absolute Gasteiger partial charge is 0.395 e. The normalized spacial score (nSPS) is 30.8. The van der Waals surface area contributed by atoms with Crippen molar-refractivity contribution in [2.45, 2.75) is 48.4 Å². The number of thioether (sulfide) groups is 1. The number of aryl methyl sites for hydroxylation is 1. The Hall–Kier alpha value is -1.45. The van der Waals surface area contributed by atoms with Gasteiger partial charge in [-0.3, -0.25) is 0 Å². The molecule has 158 valence electrons. The minimum absolute atomic E-state index is 0.309. The van der Waals surface area contributed by atoms with Crippen molar-refractivity contribution >= 4 is 33.2 Å². The van der Waals surface area contributed by atoms with Gasteiger partial charge >= 0.3 is 0 Å². The van der Waals surface area contributed by atoms with Crippen LogP contribution >= 0.6 is 23.1 Å². The van der Waals surface area contributed by atoms with Crippen molar-refractivity contribution in [3.05, 3.63) is 69.6 Å². The molecule has 5 atom stereocenters. The van der Waals surface area contributed by atoms with E-state index in [4.69, 9.17) is 4.74 Å². The summed E-state index contributed by atoms with van der Waals surface area (Å²) in [6, 6.07) is 14.7. The minimum atomic E-state index is -1.39. The molecule has 1 spiro atoms. The fourth-order valence-electron chi connectivity index (χ4n) is 4.50. The third kappa shape index (κ3) is 3.12. The maximum atomic E-state index is 10.9. The predicted molar refractivity (Wildman–Crippen MR) is 119 cm³/mol. The Morgan fingerprint density at radius 2 is 1.90 bits per heavy atom. The van der Waals surface area contributed by atoms with Crippen LogP contribution in [0.5, 0.6) is 0 Å². The van der Waals surface area contributed by atoms with Crippen LogP contribution in [-0.2, 0) is 22.7 Å². The van der Waals surface area contributed by atoms with Gasteiger partial charge in [-0.2, -0.15) is 0 Å². The van der Waals surface area contributed by atoms with E-state index in [-0.39, 0.29) is 6.61 Å². The number of fused-ring (bicyclic) bond motifs is 3. The van der Waals surface area contributed by atoms with E-state index >= 15 is 0 Å². The average Bonchev–Trinajstić information content (AvgIpc) is 3.31. The van der Waals surface area contributed by atoms with Gasteiger partial charge in [-0.25, -0.2) is 0 Å². The maximum absolute atomic E-state index is 10.9. The SMILES string of the molecule is Cc1cc2c(cc1Cc1cc3ccccc3s1)[C@]1(OC2)S[C@H](CO)[C@@H](O)[C@H](O)[C@H]1O. The number of hydrogen-bond acceptors (Lipinski definition) is 7. The molecule has 0 saturated carbocycles. The molecule has 5 rings (SSSR count). The highest BCUT2D eigenvalue weighted by Gasteiger charge is 2.57. The summed E-state index contributed by atoms with van der Waals surface area (Å²) in [6.45, 7) is 2.09. The van der Waals surface area contributed by atoms with Crippen molar-refractivity contribution < 1.29 is 25.2 Å². The number of aliphatic hydroxyl groups is 4. The molecule has 1 saturated heterocycles. The highest BCUT2D eigenvalue weighted by Crippen LogP contribution is 2.54.